The molecule has 12 nitrogen and oxygen atoms in total. The summed E-state index contributed by atoms with van der Waals surface area (Å²) in [7, 11) is 4.14. The lowest BCUT2D eigenvalue weighted by atomic mass is 9.95. The maximum atomic E-state index is 15.5. The lowest BCUT2D eigenvalue weighted by Crippen LogP contribution is -2.43. The summed E-state index contributed by atoms with van der Waals surface area (Å²) in [4.78, 5) is 54.1. The standard InChI is InChI=1S/C33H33ClFN7O5/c1-16-22(38-30(44)29-32(45)41(2)33(46)42(3)40-29)12-10-21(35)26(16)20-7-5-6-19(28(20)34)24-14-17-8-11-23(27(17)31(39-24)47-4)36-15-18-9-13-25(43)37-18/h5-7,10,12,14,18,23,36H,8-9,11,13,15H2,1-4H3,(H,37,43)(H,38,44). The van der Waals surface area contributed by atoms with Crippen molar-refractivity contribution in [2.45, 2.75) is 44.7 Å². The molecule has 2 aliphatic rings. The number of anilines is 1. The van der Waals surface area contributed by atoms with Crippen molar-refractivity contribution < 1.29 is 18.7 Å². The third-order valence-corrected chi connectivity index (χ3v) is 9.20. The molecule has 244 valence electrons. The number of hydrogen-bond acceptors (Lipinski definition) is 8. The number of fused-ring (bicyclic) bond motifs is 1. The smallest absolute Gasteiger partial charge is 0.346 e. The molecule has 3 N–H and O–H groups in total. The zero-order valence-corrected chi connectivity index (χ0v) is 27.0. The Morgan fingerprint density at radius 3 is 2.62 bits per heavy atom. The molecule has 0 bridgehead atoms. The summed E-state index contributed by atoms with van der Waals surface area (Å²) in [6.45, 7) is 2.28. The maximum absolute atomic E-state index is 15.5. The Morgan fingerprint density at radius 1 is 1.13 bits per heavy atom. The predicted molar refractivity (Wildman–Crippen MR) is 174 cm³/mol. The molecule has 4 aromatic rings. The van der Waals surface area contributed by atoms with Gasteiger partial charge in [0.2, 0.25) is 17.5 Å². The number of amides is 2. The predicted octanol–water partition coefficient (Wildman–Crippen LogP) is 3.43. The van der Waals surface area contributed by atoms with Gasteiger partial charge in [-0.05, 0) is 55.5 Å². The maximum Gasteiger partial charge on any atom is 0.346 e. The van der Waals surface area contributed by atoms with Crippen LogP contribution in [-0.4, -0.2) is 50.8 Å². The van der Waals surface area contributed by atoms with Gasteiger partial charge in [-0.1, -0.05) is 29.8 Å². The van der Waals surface area contributed by atoms with Crippen molar-refractivity contribution in [3.8, 4) is 28.3 Å². The summed E-state index contributed by atoms with van der Waals surface area (Å²) in [5.74, 6) is -0.877. The van der Waals surface area contributed by atoms with E-state index in [1.165, 1.54) is 26.2 Å². The number of methoxy groups -OCH3 is 1. The number of aromatic nitrogens is 4. The number of aryl methyl sites for hydroxylation is 2. The zero-order valence-electron chi connectivity index (χ0n) is 26.2. The molecule has 14 heteroatoms. The summed E-state index contributed by atoms with van der Waals surface area (Å²) in [6, 6.07) is 9.91. The van der Waals surface area contributed by atoms with Gasteiger partial charge in [-0.2, -0.15) is 5.10 Å². The fourth-order valence-corrected chi connectivity index (χ4v) is 6.63. The van der Waals surface area contributed by atoms with Gasteiger partial charge in [0, 0.05) is 67.1 Å². The quantitative estimate of drug-likeness (QED) is 0.260. The van der Waals surface area contributed by atoms with Crippen LogP contribution in [0.5, 0.6) is 5.88 Å². The number of carbonyl (C=O) groups is 2. The number of hydrogen-bond donors (Lipinski definition) is 3. The molecule has 1 aliphatic carbocycles. The Balaban J connectivity index is 1.32. The monoisotopic (exact) mass is 661 g/mol. The topological polar surface area (TPSA) is 149 Å². The van der Waals surface area contributed by atoms with E-state index in [9.17, 15) is 19.2 Å². The Labute approximate surface area is 273 Å². The number of benzene rings is 2. The van der Waals surface area contributed by atoms with Gasteiger partial charge in [-0.15, -0.1) is 0 Å². The van der Waals surface area contributed by atoms with Crippen LogP contribution in [0.25, 0.3) is 22.4 Å². The Kier molecular flexibility index (Phi) is 8.68. The van der Waals surface area contributed by atoms with Crippen LogP contribution in [0.1, 0.15) is 52.5 Å². The summed E-state index contributed by atoms with van der Waals surface area (Å²) in [5.41, 5.74) is 2.29. The summed E-state index contributed by atoms with van der Waals surface area (Å²) in [5, 5.41) is 13.2. The number of nitrogens with zero attached hydrogens (tertiary/aromatic N) is 4. The highest BCUT2D eigenvalue weighted by atomic mass is 35.5. The average molecular weight is 662 g/mol. The molecule has 1 saturated heterocycles. The van der Waals surface area contributed by atoms with E-state index in [1.807, 2.05) is 6.07 Å². The van der Waals surface area contributed by atoms with Gasteiger partial charge >= 0.3 is 5.69 Å². The fourth-order valence-electron chi connectivity index (χ4n) is 6.31. The lowest BCUT2D eigenvalue weighted by Gasteiger charge is -2.20. The minimum absolute atomic E-state index is 0.0201. The van der Waals surface area contributed by atoms with Crippen LogP contribution in [0, 0.1) is 12.7 Å². The number of carbonyl (C=O) groups excluding carboxylic acids is 2. The second kappa shape index (κ2) is 12.7. The molecule has 2 atom stereocenters. The summed E-state index contributed by atoms with van der Waals surface area (Å²) < 4.78 is 22.9. The number of pyridine rings is 1. The van der Waals surface area contributed by atoms with Crippen LogP contribution in [0.3, 0.4) is 0 Å². The molecule has 2 amide bonds. The van der Waals surface area contributed by atoms with Crippen molar-refractivity contribution in [1.29, 1.82) is 0 Å². The van der Waals surface area contributed by atoms with Gasteiger partial charge in [0.05, 0.1) is 17.8 Å². The van der Waals surface area contributed by atoms with Gasteiger partial charge in [-0.3, -0.25) is 19.0 Å². The SMILES string of the molecule is COc1nc(-c2cccc(-c3c(F)ccc(NC(=O)c4nn(C)c(=O)n(C)c4=O)c3C)c2Cl)cc2c1C(NCC1CCC(=O)N1)CC2. The third-order valence-electron chi connectivity index (χ3n) is 8.79. The van der Waals surface area contributed by atoms with Crippen molar-refractivity contribution in [3.63, 3.8) is 0 Å². The average Bonchev–Trinajstić information content (AvgIpc) is 3.67. The first-order valence-corrected chi connectivity index (χ1v) is 15.5. The van der Waals surface area contributed by atoms with E-state index in [2.05, 4.69) is 21.0 Å². The van der Waals surface area contributed by atoms with E-state index < -0.39 is 28.7 Å². The normalized spacial score (nSPS) is 17.0. The lowest BCUT2D eigenvalue weighted by molar-refractivity contribution is -0.119. The summed E-state index contributed by atoms with van der Waals surface area (Å²) in [6.07, 6.45) is 2.97. The fraction of sp³-hybridized carbons (Fsp3) is 0.333. The van der Waals surface area contributed by atoms with Gasteiger partial charge < -0.3 is 20.7 Å². The van der Waals surface area contributed by atoms with Gasteiger partial charge in [0.25, 0.3) is 11.5 Å². The van der Waals surface area contributed by atoms with Crippen LogP contribution in [0.2, 0.25) is 5.02 Å². The van der Waals surface area contributed by atoms with E-state index >= 15 is 4.39 Å². The molecular formula is C33H33ClFN7O5. The minimum atomic E-state index is -0.858. The van der Waals surface area contributed by atoms with Gasteiger partial charge in [0.1, 0.15) is 5.82 Å². The van der Waals surface area contributed by atoms with Crippen LogP contribution in [0.15, 0.2) is 46.0 Å². The first-order valence-electron chi connectivity index (χ1n) is 15.1. The Bertz CT molecular complexity index is 2060. The molecule has 1 aliphatic heterocycles. The Morgan fingerprint density at radius 2 is 1.89 bits per heavy atom. The number of halogens is 2. The Hall–Kier alpha value is -4.88. The third kappa shape index (κ3) is 5.92. The van der Waals surface area contributed by atoms with E-state index in [0.29, 0.717) is 41.2 Å². The molecule has 47 heavy (non-hydrogen) atoms. The van der Waals surface area contributed by atoms with Crippen molar-refractivity contribution >= 4 is 29.1 Å². The number of ether oxygens (including phenoxy) is 1. The molecule has 0 radical (unpaired) electrons. The zero-order chi connectivity index (χ0) is 33.6. The van der Waals surface area contributed by atoms with E-state index in [-0.39, 0.29) is 34.3 Å². The first-order chi connectivity index (χ1) is 22.5. The molecule has 3 heterocycles. The van der Waals surface area contributed by atoms with E-state index in [4.69, 9.17) is 21.3 Å². The molecule has 0 saturated carbocycles. The first kappa shape index (κ1) is 32.1. The molecule has 2 aromatic carbocycles. The molecule has 2 unspecified atom stereocenters. The minimum Gasteiger partial charge on any atom is -0.481 e. The van der Waals surface area contributed by atoms with E-state index in [1.54, 1.807) is 32.2 Å². The molecular weight excluding hydrogens is 629 g/mol. The number of nitrogens with one attached hydrogen (secondary N) is 3. The van der Waals surface area contributed by atoms with Crippen molar-refractivity contribution in [3.05, 3.63) is 90.5 Å². The van der Waals surface area contributed by atoms with Crippen LogP contribution in [0.4, 0.5) is 10.1 Å². The van der Waals surface area contributed by atoms with Gasteiger partial charge in [-0.25, -0.2) is 18.9 Å². The van der Waals surface area contributed by atoms with Gasteiger partial charge in [0.15, 0.2) is 0 Å². The highest BCUT2D eigenvalue weighted by Crippen LogP contribution is 2.43. The molecule has 1 fully saturated rings. The second-order valence-corrected chi connectivity index (χ2v) is 12.1. The molecule has 2 aromatic heterocycles. The highest BCUT2D eigenvalue weighted by molar-refractivity contribution is 6.36. The highest BCUT2D eigenvalue weighted by Gasteiger charge is 2.30. The van der Waals surface area contributed by atoms with Crippen molar-refractivity contribution in [1.82, 2.24) is 30.0 Å². The molecule has 6 rings (SSSR count). The van der Waals surface area contributed by atoms with Crippen LogP contribution in [-0.2, 0) is 25.3 Å². The second-order valence-electron chi connectivity index (χ2n) is 11.7. The van der Waals surface area contributed by atoms with Crippen LogP contribution >= 0.6 is 11.6 Å². The largest absolute Gasteiger partial charge is 0.481 e. The van der Waals surface area contributed by atoms with Crippen molar-refractivity contribution in [2.24, 2.45) is 14.1 Å². The van der Waals surface area contributed by atoms with E-state index in [0.717, 1.165) is 39.6 Å². The number of rotatable bonds is 8. The van der Waals surface area contributed by atoms with Crippen molar-refractivity contribution in [2.75, 3.05) is 19.0 Å². The van der Waals surface area contributed by atoms with Crippen LogP contribution < -0.4 is 31.9 Å². The molecule has 0 spiro atoms. The summed E-state index contributed by atoms with van der Waals surface area (Å²) >= 11 is 6.99.